The Hall–Kier alpha value is -1.56. The molecule has 0 nitrogen and oxygen atoms in total. The molecule has 0 fully saturated rings. The molecule has 0 aliphatic heterocycles. The predicted molar refractivity (Wildman–Crippen MR) is 65.0 cm³/mol. The Morgan fingerprint density at radius 1 is 0.733 bits per heavy atom. The summed E-state index contributed by atoms with van der Waals surface area (Å²) in [5.41, 5.74) is 7.09. The molecule has 74 valence electrons. The molecule has 0 aromatic heterocycles. The Bertz CT molecular complexity index is 521. The van der Waals surface area contributed by atoms with Crippen molar-refractivity contribution in [1.29, 1.82) is 0 Å². The van der Waals surface area contributed by atoms with Crippen molar-refractivity contribution in [3.8, 4) is 22.3 Å². The molecule has 0 heteroatoms. The zero-order chi connectivity index (χ0) is 10.4. The van der Waals surface area contributed by atoms with Gasteiger partial charge >= 0.3 is 0 Å². The summed E-state index contributed by atoms with van der Waals surface area (Å²) in [6.07, 6.45) is 0. The summed E-state index contributed by atoms with van der Waals surface area (Å²) >= 11 is 0. The van der Waals surface area contributed by atoms with Crippen LogP contribution in [0.4, 0.5) is 0 Å². The quantitative estimate of drug-likeness (QED) is 0.536. The molecular formula is C15H14. The van der Waals surface area contributed by atoms with E-state index in [1.54, 1.807) is 0 Å². The minimum Gasteiger partial charge on any atom is -0.0616 e. The number of benzene rings is 2. The highest BCUT2D eigenvalue weighted by Gasteiger charge is 2.21. The van der Waals surface area contributed by atoms with E-state index in [2.05, 4.69) is 56.3 Å². The number of rotatable bonds is 1. The zero-order valence-corrected chi connectivity index (χ0v) is 9.12. The molecule has 0 heterocycles. The summed E-state index contributed by atoms with van der Waals surface area (Å²) in [6.45, 7) is 4.48. The summed E-state index contributed by atoms with van der Waals surface area (Å²) in [5, 5.41) is 0. The van der Waals surface area contributed by atoms with Gasteiger partial charge in [-0.1, -0.05) is 56.3 Å². The molecule has 0 unspecified atom stereocenters. The third-order valence-electron chi connectivity index (χ3n) is 3.22. The van der Waals surface area contributed by atoms with E-state index in [1.165, 1.54) is 27.8 Å². The molecule has 3 rings (SSSR count). The van der Waals surface area contributed by atoms with Gasteiger partial charge in [-0.05, 0) is 33.7 Å². The topological polar surface area (TPSA) is 0 Å². The molecule has 0 radical (unpaired) electrons. The molecule has 0 N–H and O–H groups in total. The molecule has 15 heavy (non-hydrogen) atoms. The van der Waals surface area contributed by atoms with Crippen molar-refractivity contribution in [2.45, 2.75) is 19.8 Å². The highest BCUT2D eigenvalue weighted by molar-refractivity contribution is 6.02. The van der Waals surface area contributed by atoms with Crippen molar-refractivity contribution in [3.05, 3.63) is 48.0 Å². The minimum absolute atomic E-state index is 0.614. The summed E-state index contributed by atoms with van der Waals surface area (Å²) in [6, 6.07) is 15.5. The fourth-order valence-corrected chi connectivity index (χ4v) is 2.27. The van der Waals surface area contributed by atoms with E-state index >= 15 is 0 Å². The zero-order valence-electron chi connectivity index (χ0n) is 9.12. The summed E-state index contributed by atoms with van der Waals surface area (Å²) in [5.74, 6) is 0.614. The highest BCUT2D eigenvalue weighted by atomic mass is 14.2. The lowest BCUT2D eigenvalue weighted by atomic mass is 9.79. The van der Waals surface area contributed by atoms with Crippen LogP contribution in [0.5, 0.6) is 0 Å². The van der Waals surface area contributed by atoms with Crippen LogP contribution >= 0.6 is 0 Å². The van der Waals surface area contributed by atoms with Crippen LogP contribution in [0.3, 0.4) is 0 Å². The van der Waals surface area contributed by atoms with E-state index in [1.807, 2.05) is 0 Å². The average molecular weight is 194 g/mol. The van der Waals surface area contributed by atoms with Crippen molar-refractivity contribution in [2.24, 2.45) is 0 Å². The molecule has 0 spiro atoms. The predicted octanol–water partition coefficient (Wildman–Crippen LogP) is 4.46. The molecule has 1 aliphatic rings. The molecule has 0 saturated carbocycles. The van der Waals surface area contributed by atoms with Gasteiger partial charge in [0.1, 0.15) is 0 Å². The molecule has 0 saturated heterocycles. The van der Waals surface area contributed by atoms with Crippen LogP contribution in [-0.4, -0.2) is 0 Å². The van der Waals surface area contributed by atoms with Crippen molar-refractivity contribution < 1.29 is 0 Å². The van der Waals surface area contributed by atoms with Gasteiger partial charge in [0.25, 0.3) is 0 Å². The normalized spacial score (nSPS) is 11.9. The van der Waals surface area contributed by atoms with Crippen molar-refractivity contribution in [3.63, 3.8) is 0 Å². The Morgan fingerprint density at radius 3 is 2.00 bits per heavy atom. The smallest absolute Gasteiger partial charge is 0.00961 e. The van der Waals surface area contributed by atoms with E-state index in [-0.39, 0.29) is 0 Å². The number of hydrogen-bond donors (Lipinski definition) is 0. The van der Waals surface area contributed by atoms with Gasteiger partial charge in [0.05, 0.1) is 0 Å². The van der Waals surface area contributed by atoms with E-state index in [0.29, 0.717) is 5.92 Å². The lowest BCUT2D eigenvalue weighted by molar-refractivity contribution is 0.867. The van der Waals surface area contributed by atoms with Crippen LogP contribution in [0.25, 0.3) is 22.3 Å². The standard InChI is InChI=1S/C15H14/c1-10(2)11-7-8-14-12-5-3-4-6-13(12)15(14)9-11/h3-10H,1-2H3. The first kappa shape index (κ1) is 8.72. The average Bonchev–Trinajstić information content (AvgIpc) is 2.25. The van der Waals surface area contributed by atoms with Crippen LogP contribution in [0.1, 0.15) is 25.3 Å². The van der Waals surface area contributed by atoms with Crippen molar-refractivity contribution in [2.75, 3.05) is 0 Å². The molecule has 0 amide bonds. The monoisotopic (exact) mass is 194 g/mol. The van der Waals surface area contributed by atoms with Crippen LogP contribution in [-0.2, 0) is 0 Å². The SMILES string of the molecule is CC(C)c1ccc2c(c1)-c1ccccc1-2. The number of fused-ring (bicyclic) bond motifs is 4. The Morgan fingerprint density at radius 2 is 1.33 bits per heavy atom. The first-order valence-electron chi connectivity index (χ1n) is 5.51. The third kappa shape index (κ3) is 1.14. The van der Waals surface area contributed by atoms with Crippen LogP contribution < -0.4 is 0 Å². The molecule has 0 atom stereocenters. The second-order valence-corrected chi connectivity index (χ2v) is 4.51. The van der Waals surface area contributed by atoms with Gasteiger partial charge in [-0.3, -0.25) is 0 Å². The Labute approximate surface area is 90.6 Å². The van der Waals surface area contributed by atoms with Crippen LogP contribution in [0, 0.1) is 0 Å². The number of hydrogen-bond acceptors (Lipinski definition) is 0. The fraction of sp³-hybridized carbons (Fsp3) is 0.200. The highest BCUT2D eigenvalue weighted by Crippen LogP contribution is 2.47. The van der Waals surface area contributed by atoms with Crippen LogP contribution in [0.15, 0.2) is 42.5 Å². The van der Waals surface area contributed by atoms with Gasteiger partial charge < -0.3 is 0 Å². The maximum Gasteiger partial charge on any atom is -0.00961 e. The van der Waals surface area contributed by atoms with E-state index < -0.39 is 0 Å². The summed E-state index contributed by atoms with van der Waals surface area (Å²) in [4.78, 5) is 0. The second-order valence-electron chi connectivity index (χ2n) is 4.51. The molecule has 1 aliphatic carbocycles. The first-order valence-corrected chi connectivity index (χ1v) is 5.51. The second kappa shape index (κ2) is 2.96. The van der Waals surface area contributed by atoms with Crippen molar-refractivity contribution in [1.82, 2.24) is 0 Å². The largest absolute Gasteiger partial charge is 0.0616 e. The van der Waals surface area contributed by atoms with E-state index in [9.17, 15) is 0 Å². The lowest BCUT2D eigenvalue weighted by Gasteiger charge is -2.25. The van der Waals surface area contributed by atoms with Gasteiger partial charge in [0.15, 0.2) is 0 Å². The molecular weight excluding hydrogens is 180 g/mol. The van der Waals surface area contributed by atoms with E-state index in [4.69, 9.17) is 0 Å². The van der Waals surface area contributed by atoms with Gasteiger partial charge in [0, 0.05) is 0 Å². The van der Waals surface area contributed by atoms with Gasteiger partial charge in [-0.15, -0.1) is 0 Å². The molecule has 0 bridgehead atoms. The first-order chi connectivity index (χ1) is 7.27. The van der Waals surface area contributed by atoms with Crippen molar-refractivity contribution >= 4 is 0 Å². The summed E-state index contributed by atoms with van der Waals surface area (Å²) in [7, 11) is 0. The maximum atomic E-state index is 2.34. The maximum absolute atomic E-state index is 2.34. The Kier molecular flexibility index (Phi) is 1.72. The Balaban J connectivity index is 2.15. The lowest BCUT2D eigenvalue weighted by Crippen LogP contribution is -1.99. The summed E-state index contributed by atoms with van der Waals surface area (Å²) < 4.78 is 0. The third-order valence-corrected chi connectivity index (χ3v) is 3.22. The van der Waals surface area contributed by atoms with Gasteiger partial charge in [0.2, 0.25) is 0 Å². The fourth-order valence-electron chi connectivity index (χ4n) is 2.27. The van der Waals surface area contributed by atoms with Gasteiger partial charge in [-0.25, -0.2) is 0 Å². The van der Waals surface area contributed by atoms with Gasteiger partial charge in [-0.2, -0.15) is 0 Å². The van der Waals surface area contributed by atoms with E-state index in [0.717, 1.165) is 0 Å². The minimum atomic E-state index is 0.614. The molecule has 2 aromatic carbocycles. The molecule has 2 aromatic rings. The van der Waals surface area contributed by atoms with Crippen LogP contribution in [0.2, 0.25) is 0 Å².